The van der Waals surface area contributed by atoms with Gasteiger partial charge in [-0.05, 0) is 54.4 Å². The predicted molar refractivity (Wildman–Crippen MR) is 92.8 cm³/mol. The number of anilines is 1. The Balaban J connectivity index is 1.88. The molecule has 0 saturated carbocycles. The fourth-order valence-electron chi connectivity index (χ4n) is 2.91. The molecule has 1 aliphatic heterocycles. The van der Waals surface area contributed by atoms with E-state index in [0.29, 0.717) is 17.3 Å². The van der Waals surface area contributed by atoms with E-state index in [-0.39, 0.29) is 11.3 Å². The van der Waals surface area contributed by atoms with E-state index in [2.05, 4.69) is 10.6 Å². The van der Waals surface area contributed by atoms with Crippen molar-refractivity contribution in [3.05, 3.63) is 57.6 Å². The molecule has 1 amide bonds. The van der Waals surface area contributed by atoms with Gasteiger partial charge in [-0.1, -0.05) is 11.6 Å². The number of hydrogen-bond donors (Lipinski definition) is 2. The zero-order chi connectivity index (χ0) is 18.9. The highest BCUT2D eigenvalue weighted by molar-refractivity contribution is 6.31. The number of rotatable bonds is 3. The number of nitrogens with one attached hydrogen (secondary N) is 2. The van der Waals surface area contributed by atoms with Crippen molar-refractivity contribution in [3.8, 4) is 5.75 Å². The normalized spacial score (nSPS) is 13.9. The summed E-state index contributed by atoms with van der Waals surface area (Å²) in [4.78, 5) is 12.4. The molecular formula is C18H16ClF3N2O2. The average molecular weight is 385 g/mol. The third-order valence-corrected chi connectivity index (χ3v) is 4.52. The lowest BCUT2D eigenvalue weighted by Crippen LogP contribution is -2.24. The predicted octanol–water partition coefficient (Wildman–Crippen LogP) is 4.27. The second-order valence-corrected chi connectivity index (χ2v) is 6.30. The van der Waals surface area contributed by atoms with Crippen LogP contribution < -0.4 is 15.4 Å². The minimum atomic E-state index is -4.62. The molecule has 1 aliphatic rings. The molecule has 2 aromatic carbocycles. The number of alkyl halides is 3. The third-order valence-electron chi connectivity index (χ3n) is 4.18. The van der Waals surface area contributed by atoms with Gasteiger partial charge in [0.2, 0.25) is 0 Å². The van der Waals surface area contributed by atoms with Gasteiger partial charge in [0.1, 0.15) is 5.75 Å². The summed E-state index contributed by atoms with van der Waals surface area (Å²) in [6.07, 6.45) is -3.84. The number of fused-ring (bicyclic) bond motifs is 1. The van der Waals surface area contributed by atoms with Crippen molar-refractivity contribution in [2.75, 3.05) is 19.0 Å². The Labute approximate surface area is 153 Å². The van der Waals surface area contributed by atoms with Crippen LogP contribution in [0.1, 0.15) is 27.0 Å². The Kier molecular flexibility index (Phi) is 5.11. The zero-order valence-corrected chi connectivity index (χ0v) is 14.6. The third kappa shape index (κ3) is 3.78. The first-order chi connectivity index (χ1) is 12.3. The van der Waals surface area contributed by atoms with Crippen molar-refractivity contribution in [3.63, 3.8) is 0 Å². The van der Waals surface area contributed by atoms with Crippen molar-refractivity contribution in [2.24, 2.45) is 0 Å². The van der Waals surface area contributed by atoms with Crippen LogP contribution in [0.4, 0.5) is 18.9 Å². The minimum Gasteiger partial charge on any atom is -0.496 e. The molecule has 2 aromatic rings. The monoisotopic (exact) mass is 384 g/mol. The second-order valence-electron chi connectivity index (χ2n) is 5.89. The number of amides is 1. The molecule has 3 rings (SSSR count). The Hall–Kier alpha value is -2.25. The number of methoxy groups -OCH3 is 1. The summed E-state index contributed by atoms with van der Waals surface area (Å²) in [6.45, 7) is 1.45. The minimum absolute atomic E-state index is 0.120. The van der Waals surface area contributed by atoms with Gasteiger partial charge >= 0.3 is 6.18 Å². The van der Waals surface area contributed by atoms with Crippen LogP contribution in [0.5, 0.6) is 5.75 Å². The standard InChI is InChI=1S/C18H16ClF3N2O2/c1-26-16-3-2-10(7-14(16)18(20,21)22)17(25)24-12-6-11-9-23-5-4-13(11)15(19)8-12/h2-3,6-8,23H,4-5,9H2,1H3,(H,24,25). The first-order valence-corrected chi connectivity index (χ1v) is 8.26. The summed E-state index contributed by atoms with van der Waals surface area (Å²) in [7, 11) is 1.15. The number of carbonyl (C=O) groups excluding carboxylic acids is 1. The molecule has 0 spiro atoms. The highest BCUT2D eigenvalue weighted by Crippen LogP contribution is 2.37. The van der Waals surface area contributed by atoms with Crippen LogP contribution in [-0.2, 0) is 19.1 Å². The van der Waals surface area contributed by atoms with Gasteiger partial charge in [0.25, 0.3) is 5.91 Å². The van der Waals surface area contributed by atoms with E-state index in [1.54, 1.807) is 12.1 Å². The van der Waals surface area contributed by atoms with E-state index in [9.17, 15) is 18.0 Å². The lowest BCUT2D eigenvalue weighted by molar-refractivity contribution is -0.138. The van der Waals surface area contributed by atoms with E-state index in [4.69, 9.17) is 16.3 Å². The first kappa shape index (κ1) is 18.5. The van der Waals surface area contributed by atoms with Crippen molar-refractivity contribution in [1.82, 2.24) is 5.32 Å². The maximum absolute atomic E-state index is 13.1. The fourth-order valence-corrected chi connectivity index (χ4v) is 3.25. The van der Waals surface area contributed by atoms with E-state index in [0.717, 1.165) is 43.3 Å². The summed E-state index contributed by atoms with van der Waals surface area (Å²) in [5.41, 5.74) is 1.30. The lowest BCUT2D eigenvalue weighted by atomic mass is 10.00. The number of benzene rings is 2. The maximum atomic E-state index is 13.1. The van der Waals surface area contributed by atoms with Gasteiger partial charge in [-0.25, -0.2) is 0 Å². The van der Waals surface area contributed by atoms with Crippen molar-refractivity contribution >= 4 is 23.2 Å². The Morgan fingerprint density at radius 1 is 1.27 bits per heavy atom. The molecule has 0 fully saturated rings. The topological polar surface area (TPSA) is 50.4 Å². The lowest BCUT2D eigenvalue weighted by Gasteiger charge is -2.20. The average Bonchev–Trinajstić information content (AvgIpc) is 2.60. The van der Waals surface area contributed by atoms with Gasteiger partial charge in [0.05, 0.1) is 12.7 Å². The second kappa shape index (κ2) is 7.17. The first-order valence-electron chi connectivity index (χ1n) is 7.88. The van der Waals surface area contributed by atoms with Crippen LogP contribution in [-0.4, -0.2) is 19.6 Å². The van der Waals surface area contributed by atoms with Gasteiger partial charge < -0.3 is 15.4 Å². The summed E-state index contributed by atoms with van der Waals surface area (Å²) in [6, 6.07) is 6.57. The summed E-state index contributed by atoms with van der Waals surface area (Å²) < 4.78 is 44.1. The van der Waals surface area contributed by atoms with Crippen LogP contribution >= 0.6 is 11.6 Å². The van der Waals surface area contributed by atoms with Gasteiger partial charge in [0.15, 0.2) is 0 Å². The van der Waals surface area contributed by atoms with Crippen molar-refractivity contribution in [1.29, 1.82) is 0 Å². The molecule has 1 heterocycles. The van der Waals surface area contributed by atoms with Crippen LogP contribution in [0.3, 0.4) is 0 Å². The van der Waals surface area contributed by atoms with Gasteiger partial charge in [-0.2, -0.15) is 13.2 Å². The molecular weight excluding hydrogens is 369 g/mol. The highest BCUT2D eigenvalue weighted by atomic mass is 35.5. The SMILES string of the molecule is COc1ccc(C(=O)Nc2cc(Cl)c3c(c2)CNCC3)cc1C(F)(F)F. The molecule has 0 saturated heterocycles. The smallest absolute Gasteiger partial charge is 0.419 e. The Morgan fingerprint density at radius 2 is 2.04 bits per heavy atom. The number of halogens is 4. The molecule has 0 aromatic heterocycles. The summed E-state index contributed by atoms with van der Waals surface area (Å²) in [5, 5.41) is 6.35. The van der Waals surface area contributed by atoms with Gasteiger partial charge in [-0.3, -0.25) is 4.79 Å². The van der Waals surface area contributed by atoms with E-state index >= 15 is 0 Å². The van der Waals surface area contributed by atoms with E-state index < -0.39 is 17.6 Å². The van der Waals surface area contributed by atoms with Crippen molar-refractivity contribution in [2.45, 2.75) is 19.1 Å². The van der Waals surface area contributed by atoms with Crippen LogP contribution in [0.25, 0.3) is 0 Å². The Bertz CT molecular complexity index is 853. The van der Waals surface area contributed by atoms with Crippen molar-refractivity contribution < 1.29 is 22.7 Å². The highest BCUT2D eigenvalue weighted by Gasteiger charge is 2.35. The quantitative estimate of drug-likeness (QED) is 0.831. The van der Waals surface area contributed by atoms with Gasteiger partial charge in [0, 0.05) is 22.8 Å². The molecule has 26 heavy (non-hydrogen) atoms. The fraction of sp³-hybridized carbons (Fsp3) is 0.278. The van der Waals surface area contributed by atoms with Crippen LogP contribution in [0.15, 0.2) is 30.3 Å². The van der Waals surface area contributed by atoms with Crippen LogP contribution in [0.2, 0.25) is 5.02 Å². The molecule has 0 unspecified atom stereocenters. The molecule has 0 bridgehead atoms. The number of hydrogen-bond acceptors (Lipinski definition) is 3. The number of carbonyl (C=O) groups is 1. The molecule has 4 nitrogen and oxygen atoms in total. The van der Waals surface area contributed by atoms with E-state index in [1.807, 2.05) is 0 Å². The summed E-state index contributed by atoms with van der Waals surface area (Å²) >= 11 is 6.26. The van der Waals surface area contributed by atoms with Gasteiger partial charge in [-0.15, -0.1) is 0 Å². The molecule has 0 aliphatic carbocycles. The number of ether oxygens (including phenoxy) is 1. The van der Waals surface area contributed by atoms with E-state index in [1.165, 1.54) is 6.07 Å². The largest absolute Gasteiger partial charge is 0.496 e. The molecule has 8 heteroatoms. The molecule has 138 valence electrons. The Morgan fingerprint density at radius 3 is 2.73 bits per heavy atom. The maximum Gasteiger partial charge on any atom is 0.419 e. The molecule has 2 N–H and O–H groups in total. The molecule has 0 atom stereocenters. The van der Waals surface area contributed by atoms with Crippen LogP contribution in [0, 0.1) is 0 Å². The molecule has 0 radical (unpaired) electrons. The summed E-state index contributed by atoms with van der Waals surface area (Å²) in [5.74, 6) is -0.991. The zero-order valence-electron chi connectivity index (χ0n) is 13.8.